The first kappa shape index (κ1) is 16.1. The van der Waals surface area contributed by atoms with Crippen molar-refractivity contribution in [2.45, 2.75) is 33.5 Å². The van der Waals surface area contributed by atoms with Crippen LogP contribution in [-0.4, -0.2) is 17.0 Å². The van der Waals surface area contributed by atoms with Gasteiger partial charge in [0.15, 0.2) is 0 Å². The van der Waals surface area contributed by atoms with Crippen molar-refractivity contribution in [3.63, 3.8) is 0 Å². The minimum absolute atomic E-state index is 0.546. The zero-order valence-electron chi connectivity index (χ0n) is 12.7. The van der Waals surface area contributed by atoms with Crippen LogP contribution in [-0.2, 0) is 6.54 Å². The van der Waals surface area contributed by atoms with Crippen LogP contribution in [0.4, 0.5) is 18.9 Å². The van der Waals surface area contributed by atoms with Gasteiger partial charge in [-0.1, -0.05) is 17.7 Å². The molecule has 0 radical (unpaired) electrons. The van der Waals surface area contributed by atoms with Crippen LogP contribution in [0.25, 0.3) is 0 Å². The number of anilines is 1. The van der Waals surface area contributed by atoms with E-state index in [9.17, 15) is 13.2 Å². The summed E-state index contributed by atoms with van der Waals surface area (Å²) in [6.45, 7) is 4.32. The van der Waals surface area contributed by atoms with Crippen molar-refractivity contribution in [3.05, 3.63) is 52.8 Å². The molecule has 0 saturated carbocycles. The van der Waals surface area contributed by atoms with Gasteiger partial charge in [0.05, 0.1) is 11.9 Å². The van der Waals surface area contributed by atoms with Crippen molar-refractivity contribution < 1.29 is 13.2 Å². The zero-order valence-corrected chi connectivity index (χ0v) is 12.7. The second kappa shape index (κ2) is 6.25. The number of benzene rings is 1. The van der Waals surface area contributed by atoms with Gasteiger partial charge in [0.25, 0.3) is 0 Å². The van der Waals surface area contributed by atoms with Crippen molar-refractivity contribution in [2.24, 2.45) is 5.10 Å². The number of hydrazone groups is 1. The number of aromatic nitrogens is 1. The van der Waals surface area contributed by atoms with E-state index in [0.29, 0.717) is 17.0 Å². The molecule has 0 bridgehead atoms. The minimum Gasteiger partial charge on any atom is -0.339 e. The topological polar surface area (TPSA) is 29.3 Å². The smallest absolute Gasteiger partial charge is 0.339 e. The van der Waals surface area contributed by atoms with Crippen molar-refractivity contribution in [3.8, 4) is 0 Å². The molecule has 1 heterocycles. The summed E-state index contributed by atoms with van der Waals surface area (Å²) >= 11 is 0. The lowest BCUT2D eigenvalue weighted by Gasteiger charge is -2.12. The molecule has 118 valence electrons. The first-order valence-electron chi connectivity index (χ1n) is 6.85. The summed E-state index contributed by atoms with van der Waals surface area (Å²) in [4.78, 5) is 0. The second-order valence-electron chi connectivity index (χ2n) is 5.26. The normalized spacial score (nSPS) is 12.1. The summed E-state index contributed by atoms with van der Waals surface area (Å²) in [5.41, 5.74) is 6.61. The fourth-order valence-corrected chi connectivity index (χ4v) is 2.19. The molecule has 0 amide bonds. The molecular formula is C16H18F3N3. The molecule has 1 aromatic heterocycles. The minimum atomic E-state index is -4.23. The average molecular weight is 309 g/mol. The Morgan fingerprint density at radius 1 is 1.14 bits per heavy atom. The second-order valence-corrected chi connectivity index (χ2v) is 5.26. The van der Waals surface area contributed by atoms with Crippen LogP contribution < -0.4 is 5.43 Å². The summed E-state index contributed by atoms with van der Waals surface area (Å²) in [7, 11) is 0. The Balaban J connectivity index is 2.11. The fourth-order valence-electron chi connectivity index (χ4n) is 2.19. The molecule has 0 saturated heterocycles. The maximum Gasteiger partial charge on any atom is 0.406 e. The molecular weight excluding hydrogens is 291 g/mol. The largest absolute Gasteiger partial charge is 0.406 e. The van der Waals surface area contributed by atoms with E-state index in [4.69, 9.17) is 0 Å². The average Bonchev–Trinajstić information content (AvgIpc) is 2.67. The molecule has 1 N–H and O–H groups in total. The van der Waals surface area contributed by atoms with Gasteiger partial charge in [0.2, 0.25) is 0 Å². The Labute approximate surface area is 127 Å². The molecule has 0 aliphatic rings. The standard InChI is InChI=1S/C16H18F3N3/c1-11-4-6-15(7-5-11)21-20-9-14-8-12(2)22(13(14)3)10-16(17,18)19/h4-9,21H,10H2,1-3H3/b20-9-. The molecule has 2 rings (SSSR count). The van der Waals surface area contributed by atoms with Crippen LogP contribution in [0.5, 0.6) is 0 Å². The Kier molecular flexibility index (Phi) is 4.59. The summed E-state index contributed by atoms with van der Waals surface area (Å²) in [5.74, 6) is 0. The highest BCUT2D eigenvalue weighted by atomic mass is 19.4. The van der Waals surface area contributed by atoms with Gasteiger partial charge in [-0.05, 0) is 39.0 Å². The van der Waals surface area contributed by atoms with E-state index in [-0.39, 0.29) is 0 Å². The third-order valence-electron chi connectivity index (χ3n) is 3.40. The van der Waals surface area contributed by atoms with Gasteiger partial charge < -0.3 is 4.57 Å². The van der Waals surface area contributed by atoms with E-state index in [2.05, 4.69) is 10.5 Å². The Morgan fingerprint density at radius 2 is 1.77 bits per heavy atom. The van der Waals surface area contributed by atoms with Gasteiger partial charge in [-0.3, -0.25) is 5.43 Å². The van der Waals surface area contributed by atoms with Gasteiger partial charge >= 0.3 is 6.18 Å². The molecule has 0 aliphatic heterocycles. The van der Waals surface area contributed by atoms with Crippen LogP contribution in [0.2, 0.25) is 0 Å². The monoisotopic (exact) mass is 309 g/mol. The lowest BCUT2D eigenvalue weighted by atomic mass is 10.2. The van der Waals surface area contributed by atoms with Gasteiger partial charge in [-0.2, -0.15) is 18.3 Å². The lowest BCUT2D eigenvalue weighted by Crippen LogP contribution is -2.19. The lowest BCUT2D eigenvalue weighted by molar-refractivity contribution is -0.141. The third kappa shape index (κ3) is 4.13. The molecule has 0 unspecified atom stereocenters. The molecule has 0 atom stereocenters. The van der Waals surface area contributed by atoms with Gasteiger partial charge in [0, 0.05) is 17.0 Å². The maximum absolute atomic E-state index is 12.5. The highest BCUT2D eigenvalue weighted by Crippen LogP contribution is 2.22. The molecule has 3 nitrogen and oxygen atoms in total. The van der Waals surface area contributed by atoms with Crippen molar-refractivity contribution in [1.29, 1.82) is 0 Å². The molecule has 0 spiro atoms. The Hall–Kier alpha value is -2.24. The van der Waals surface area contributed by atoms with Crippen LogP contribution in [0, 0.1) is 20.8 Å². The first-order valence-corrected chi connectivity index (χ1v) is 6.85. The van der Waals surface area contributed by atoms with Crippen molar-refractivity contribution in [2.75, 3.05) is 5.43 Å². The van der Waals surface area contributed by atoms with E-state index in [1.54, 1.807) is 19.9 Å². The molecule has 6 heteroatoms. The highest BCUT2D eigenvalue weighted by molar-refractivity contribution is 5.82. The van der Waals surface area contributed by atoms with Crippen LogP contribution in [0.3, 0.4) is 0 Å². The summed E-state index contributed by atoms with van der Waals surface area (Å²) in [6.07, 6.45) is -2.70. The van der Waals surface area contributed by atoms with E-state index < -0.39 is 12.7 Å². The summed E-state index contributed by atoms with van der Waals surface area (Å²) in [5, 5.41) is 4.08. The van der Waals surface area contributed by atoms with E-state index in [0.717, 1.165) is 11.3 Å². The van der Waals surface area contributed by atoms with Crippen LogP contribution in [0.1, 0.15) is 22.5 Å². The molecule has 0 fully saturated rings. The number of nitrogens with zero attached hydrogens (tertiary/aromatic N) is 2. The number of halogens is 3. The number of rotatable bonds is 4. The Bertz CT molecular complexity index is 667. The summed E-state index contributed by atoms with van der Waals surface area (Å²) in [6, 6.07) is 9.38. The predicted molar refractivity (Wildman–Crippen MR) is 82.4 cm³/mol. The van der Waals surface area contributed by atoms with E-state index in [1.807, 2.05) is 31.2 Å². The fraction of sp³-hybridized carbons (Fsp3) is 0.312. The van der Waals surface area contributed by atoms with Crippen LogP contribution in [0.15, 0.2) is 35.4 Å². The maximum atomic E-state index is 12.5. The molecule has 0 aliphatic carbocycles. The number of nitrogens with one attached hydrogen (secondary N) is 1. The SMILES string of the molecule is Cc1ccc(N/N=C\c2cc(C)n(CC(F)(F)F)c2C)cc1. The number of alkyl halides is 3. The number of hydrogen-bond acceptors (Lipinski definition) is 2. The Morgan fingerprint density at radius 3 is 2.36 bits per heavy atom. The summed E-state index contributed by atoms with van der Waals surface area (Å²) < 4.78 is 38.9. The number of aryl methyl sites for hydroxylation is 2. The molecule has 22 heavy (non-hydrogen) atoms. The molecule has 2 aromatic rings. The van der Waals surface area contributed by atoms with Gasteiger partial charge in [-0.25, -0.2) is 0 Å². The predicted octanol–water partition coefficient (Wildman–Crippen LogP) is 4.42. The zero-order chi connectivity index (χ0) is 16.3. The van der Waals surface area contributed by atoms with Crippen LogP contribution >= 0.6 is 0 Å². The van der Waals surface area contributed by atoms with Gasteiger partial charge in [0.1, 0.15) is 6.54 Å². The van der Waals surface area contributed by atoms with Gasteiger partial charge in [-0.15, -0.1) is 0 Å². The van der Waals surface area contributed by atoms with E-state index in [1.165, 1.54) is 10.8 Å². The quantitative estimate of drug-likeness (QED) is 0.657. The van der Waals surface area contributed by atoms with E-state index >= 15 is 0 Å². The number of hydrogen-bond donors (Lipinski definition) is 1. The van der Waals surface area contributed by atoms with Crippen molar-refractivity contribution in [1.82, 2.24) is 4.57 Å². The highest BCUT2D eigenvalue weighted by Gasteiger charge is 2.29. The molecule has 1 aromatic carbocycles. The third-order valence-corrected chi connectivity index (χ3v) is 3.40. The first-order chi connectivity index (χ1) is 10.3. The van der Waals surface area contributed by atoms with Crippen molar-refractivity contribution >= 4 is 11.9 Å².